The van der Waals surface area contributed by atoms with E-state index in [1.807, 2.05) is 0 Å². The molecule has 0 radical (unpaired) electrons. The van der Waals surface area contributed by atoms with Crippen LogP contribution in [-0.2, 0) is 60.5 Å². The Morgan fingerprint density at radius 3 is 2.45 bits per heavy atom. The highest BCUT2D eigenvalue weighted by Crippen LogP contribution is 2.61. The van der Waals surface area contributed by atoms with Crippen LogP contribution >= 0.6 is 36.1 Å². The van der Waals surface area contributed by atoms with Gasteiger partial charge in [-0.15, -0.1) is 0 Å². The quantitative estimate of drug-likeness (QED) is 0.0226. The van der Waals surface area contributed by atoms with Gasteiger partial charge >= 0.3 is 29.9 Å². The first-order chi connectivity index (χ1) is 23.7. The summed E-state index contributed by atoms with van der Waals surface area (Å²) in [6.07, 6.45) is -6.78. The van der Waals surface area contributed by atoms with Crippen LogP contribution in [0.25, 0.3) is 11.2 Å². The topological polar surface area (TPSA) is 362 Å². The number of nitrogens with two attached hydrogens (primary N) is 1. The second kappa shape index (κ2) is 17.9. The number of amides is 2. The summed E-state index contributed by atoms with van der Waals surface area (Å²) in [5, 5.41) is 15.7. The van der Waals surface area contributed by atoms with E-state index in [0.717, 1.165) is 17.2 Å². The lowest BCUT2D eigenvalue weighted by Crippen LogP contribution is -2.48. The molecule has 7 atom stereocenters. The molecule has 1 saturated heterocycles. The highest BCUT2D eigenvalue weighted by Gasteiger charge is 2.50. The summed E-state index contributed by atoms with van der Waals surface area (Å²) < 4.78 is 62.2. The molecule has 2 aromatic rings. The number of hydrogen-bond acceptors (Lipinski definition) is 19. The standard InChI is InChI=1S/C22H36N7O18P3S/c1-22(2,17(45-41-11-30)20(33)25-4-3-13(31)24-5-6-51)8-43-50(39,40)47-49(37,38)42-7-12-16(46-48(34,35)36)15(32)21(44-12)29-10-28-14-18(23)26-9-27-19(14)29/h9-12,15-17,21,32,51H,3-8H2,1-2H3,(H,24,31)(H,25,33)(H,37,38)(H,39,40)(H2,23,26,27)(H2,34,35,36)/t12-,15-,16-,17+,21-/m1/s1. The number of carbonyl (C=O) groups excluding carboxylic acids is 3. The minimum absolute atomic E-state index is 0.0238. The minimum atomic E-state index is -5.59. The van der Waals surface area contributed by atoms with E-state index in [4.69, 9.17) is 24.4 Å². The van der Waals surface area contributed by atoms with Gasteiger partial charge in [-0.2, -0.15) is 21.8 Å². The van der Waals surface area contributed by atoms with Crippen LogP contribution in [0.4, 0.5) is 5.82 Å². The second-order valence-corrected chi connectivity index (χ2v) is 15.7. The minimum Gasteiger partial charge on any atom is -0.386 e. The number of fused-ring (bicyclic) bond motifs is 1. The van der Waals surface area contributed by atoms with Crippen molar-refractivity contribution in [3.05, 3.63) is 12.7 Å². The summed E-state index contributed by atoms with van der Waals surface area (Å²) >= 11 is 3.96. The number of aliphatic hydroxyl groups excluding tert-OH is 1. The Kier molecular flexibility index (Phi) is 15.0. The molecular formula is C22H36N7O18P3S. The third-order valence-corrected chi connectivity index (χ3v) is 9.99. The normalized spacial score (nSPS) is 22.5. The third kappa shape index (κ3) is 12.5. The molecule has 1 fully saturated rings. The number of phosphoric ester groups is 3. The van der Waals surface area contributed by atoms with Gasteiger partial charge in [0.1, 0.15) is 30.2 Å². The Balaban J connectivity index is 1.66. The third-order valence-electron chi connectivity index (χ3n) is 6.66. The van der Waals surface area contributed by atoms with Gasteiger partial charge in [0.15, 0.2) is 23.8 Å². The smallest absolute Gasteiger partial charge is 0.386 e. The molecule has 288 valence electrons. The van der Waals surface area contributed by atoms with Crippen LogP contribution in [0, 0.1) is 5.41 Å². The largest absolute Gasteiger partial charge is 0.481 e. The van der Waals surface area contributed by atoms with Crippen molar-refractivity contribution >= 4 is 71.4 Å². The molecule has 29 heteroatoms. The summed E-state index contributed by atoms with van der Waals surface area (Å²) in [6.45, 7) is 0.393. The number of nitrogens with one attached hydrogen (secondary N) is 2. The highest BCUT2D eigenvalue weighted by molar-refractivity contribution is 7.80. The first-order valence-corrected chi connectivity index (χ1v) is 19.4. The molecule has 0 spiro atoms. The number of nitrogens with zero attached hydrogens (tertiary/aromatic N) is 4. The molecule has 1 aliphatic rings. The zero-order valence-corrected chi connectivity index (χ0v) is 30.1. The molecule has 3 rings (SSSR count). The van der Waals surface area contributed by atoms with Crippen LogP contribution in [0.5, 0.6) is 0 Å². The van der Waals surface area contributed by atoms with E-state index in [0.29, 0.717) is 5.75 Å². The zero-order valence-electron chi connectivity index (χ0n) is 26.6. The average Bonchev–Trinajstić information content (AvgIpc) is 3.58. The molecule has 9 N–H and O–H groups in total. The second-order valence-electron chi connectivity index (χ2n) is 11.1. The molecule has 2 aromatic heterocycles. The van der Waals surface area contributed by atoms with E-state index in [9.17, 15) is 52.8 Å². The van der Waals surface area contributed by atoms with Gasteiger partial charge in [0.25, 0.3) is 5.91 Å². The predicted octanol–water partition coefficient (Wildman–Crippen LogP) is -1.55. The van der Waals surface area contributed by atoms with E-state index in [-0.39, 0.29) is 43.0 Å². The molecular weight excluding hydrogens is 775 g/mol. The number of thiol groups is 1. The summed E-state index contributed by atoms with van der Waals surface area (Å²) in [5.41, 5.74) is 4.23. The van der Waals surface area contributed by atoms with E-state index in [1.165, 1.54) is 13.8 Å². The van der Waals surface area contributed by atoms with Gasteiger partial charge < -0.3 is 50.7 Å². The van der Waals surface area contributed by atoms with Crippen molar-refractivity contribution < 1.29 is 85.2 Å². The maximum Gasteiger partial charge on any atom is 0.481 e. The van der Waals surface area contributed by atoms with Crippen LogP contribution in [-0.4, -0.2) is 119 Å². The number of nitrogen functional groups attached to an aromatic ring is 1. The number of ether oxygens (including phenoxy) is 1. The Bertz CT molecular complexity index is 1680. The van der Waals surface area contributed by atoms with Crippen LogP contribution < -0.4 is 16.4 Å². The van der Waals surface area contributed by atoms with Gasteiger partial charge in [0.2, 0.25) is 5.91 Å². The first-order valence-electron chi connectivity index (χ1n) is 14.3. The van der Waals surface area contributed by atoms with Gasteiger partial charge in [0.05, 0.1) is 19.5 Å². The average molecular weight is 812 g/mol. The van der Waals surface area contributed by atoms with Crippen molar-refractivity contribution in [3.8, 4) is 0 Å². The Labute approximate surface area is 293 Å². The monoisotopic (exact) mass is 811 g/mol. The van der Waals surface area contributed by atoms with Crippen LogP contribution in [0.15, 0.2) is 12.7 Å². The molecule has 0 bridgehead atoms. The number of hydrogen-bond donors (Lipinski definition) is 9. The molecule has 1 aliphatic heterocycles. The lowest BCUT2D eigenvalue weighted by atomic mass is 9.87. The molecule has 0 saturated carbocycles. The molecule has 25 nitrogen and oxygen atoms in total. The number of imidazole rings is 1. The SMILES string of the molecule is CC(C)(COP(=O)(O)OP(=O)(O)OC[C@H]1O[C@@H](n2cnc3c(N)ncnc32)[C@H](O)[C@@H]1OP(=O)(O)O)[C@@H](OOC=O)C(=O)NCCC(=O)NCCS. The van der Waals surface area contributed by atoms with Crippen molar-refractivity contribution in [2.75, 3.05) is 37.8 Å². The van der Waals surface area contributed by atoms with Gasteiger partial charge in [-0.05, 0) is 0 Å². The van der Waals surface area contributed by atoms with Crippen LogP contribution in [0.3, 0.4) is 0 Å². The van der Waals surface area contributed by atoms with Crippen LogP contribution in [0.1, 0.15) is 26.5 Å². The number of carbonyl (C=O) groups is 3. The molecule has 2 amide bonds. The fourth-order valence-electron chi connectivity index (χ4n) is 4.38. The molecule has 51 heavy (non-hydrogen) atoms. The maximum absolute atomic E-state index is 12.8. The lowest BCUT2D eigenvalue weighted by Gasteiger charge is -2.31. The number of anilines is 1. The molecule has 0 aliphatic carbocycles. The number of phosphoric acid groups is 3. The zero-order chi connectivity index (χ0) is 38.2. The Morgan fingerprint density at radius 1 is 1.12 bits per heavy atom. The van der Waals surface area contributed by atoms with Crippen LogP contribution in [0.2, 0.25) is 0 Å². The Morgan fingerprint density at radius 2 is 1.80 bits per heavy atom. The fourth-order valence-corrected chi connectivity index (χ4v) is 7.32. The van der Waals surface area contributed by atoms with E-state index in [2.05, 4.69) is 51.9 Å². The summed E-state index contributed by atoms with van der Waals surface area (Å²) in [5.74, 6) is -1.02. The Hall–Kier alpha value is -2.64. The maximum atomic E-state index is 12.8. The van der Waals surface area contributed by atoms with E-state index >= 15 is 0 Å². The van der Waals surface area contributed by atoms with Crippen molar-refractivity contribution in [1.29, 1.82) is 0 Å². The van der Waals surface area contributed by atoms with Crippen molar-refractivity contribution in [3.63, 3.8) is 0 Å². The van der Waals surface area contributed by atoms with Crippen molar-refractivity contribution in [1.82, 2.24) is 30.2 Å². The number of aromatic nitrogens is 4. The van der Waals surface area contributed by atoms with Crippen molar-refractivity contribution in [2.45, 2.75) is 50.9 Å². The molecule has 3 heterocycles. The van der Waals surface area contributed by atoms with E-state index < -0.39 is 84.6 Å². The lowest BCUT2D eigenvalue weighted by molar-refractivity contribution is -0.298. The van der Waals surface area contributed by atoms with Gasteiger partial charge in [-0.3, -0.25) is 32.5 Å². The predicted molar refractivity (Wildman–Crippen MR) is 170 cm³/mol. The van der Waals surface area contributed by atoms with Gasteiger partial charge in [-0.1, -0.05) is 13.8 Å². The van der Waals surface area contributed by atoms with Crippen molar-refractivity contribution in [2.24, 2.45) is 5.41 Å². The van der Waals surface area contributed by atoms with Gasteiger partial charge in [-0.25, -0.2) is 28.6 Å². The summed E-state index contributed by atoms with van der Waals surface area (Å²) in [4.78, 5) is 95.2. The van der Waals surface area contributed by atoms with E-state index in [1.54, 1.807) is 0 Å². The fraction of sp³-hybridized carbons (Fsp3) is 0.636. The number of rotatable bonds is 21. The highest BCUT2D eigenvalue weighted by atomic mass is 32.1. The number of aliphatic hydroxyl groups is 1. The summed E-state index contributed by atoms with van der Waals surface area (Å²) in [7, 11) is -16.5. The van der Waals surface area contributed by atoms with Gasteiger partial charge in [0, 0.05) is 30.7 Å². The molecule has 0 aromatic carbocycles. The first kappa shape index (κ1) is 42.8. The molecule has 2 unspecified atom stereocenters. The summed E-state index contributed by atoms with van der Waals surface area (Å²) in [6, 6.07) is 0.